The number of morpholine rings is 1. The van der Waals surface area contributed by atoms with Crippen molar-refractivity contribution in [2.45, 2.75) is 19.8 Å². The molecule has 0 bridgehead atoms. The summed E-state index contributed by atoms with van der Waals surface area (Å²) in [6.07, 6.45) is 5.25. The molecule has 8 nitrogen and oxygen atoms in total. The Balaban J connectivity index is 1.42. The van der Waals surface area contributed by atoms with Crippen LogP contribution in [0.4, 0.5) is 11.6 Å². The van der Waals surface area contributed by atoms with Gasteiger partial charge in [-0.15, -0.1) is 0 Å². The Kier molecular flexibility index (Phi) is 7.60. The minimum absolute atomic E-state index is 0.336. The second-order valence-corrected chi connectivity index (χ2v) is 7.55. The third-order valence-electron chi connectivity index (χ3n) is 5.00. The molecule has 0 radical (unpaired) electrons. The number of aromatic nitrogens is 3. The van der Waals surface area contributed by atoms with Gasteiger partial charge in [0.25, 0.3) is 0 Å². The third-order valence-corrected chi connectivity index (χ3v) is 5.00. The lowest BCUT2D eigenvalue weighted by atomic mass is 10.2. The molecule has 1 aromatic carbocycles. The van der Waals surface area contributed by atoms with Crippen molar-refractivity contribution in [1.82, 2.24) is 15.0 Å². The first-order chi connectivity index (χ1) is 15.8. The Morgan fingerprint density at radius 3 is 2.84 bits per heavy atom. The summed E-state index contributed by atoms with van der Waals surface area (Å²) in [5.74, 6) is 1.39. The molecular weight excluding hydrogens is 404 g/mol. The summed E-state index contributed by atoms with van der Waals surface area (Å²) in [6, 6.07) is 16.3. The number of pyridine rings is 1. The number of nitrogens with one attached hydrogen (secondary N) is 1. The Morgan fingerprint density at radius 2 is 2.03 bits per heavy atom. The molecule has 1 saturated heterocycles. The number of anilines is 2. The van der Waals surface area contributed by atoms with E-state index in [4.69, 9.17) is 9.47 Å². The fourth-order valence-electron chi connectivity index (χ4n) is 3.38. The van der Waals surface area contributed by atoms with E-state index in [1.807, 2.05) is 36.4 Å². The highest BCUT2D eigenvalue weighted by Crippen LogP contribution is 2.21. The predicted octanol–water partition coefficient (Wildman–Crippen LogP) is 3.47. The summed E-state index contributed by atoms with van der Waals surface area (Å²) in [5.41, 5.74) is 6.27. The number of hydrogen-bond acceptors (Lipinski definition) is 8. The van der Waals surface area contributed by atoms with E-state index in [1.165, 1.54) is 5.56 Å². The number of benzene rings is 1. The first-order valence-electron chi connectivity index (χ1n) is 10.9. The molecule has 0 aliphatic carbocycles. The van der Waals surface area contributed by atoms with E-state index in [0.717, 1.165) is 43.0 Å². The minimum Gasteiger partial charge on any atom is -0.463 e. The maximum atomic E-state index is 5.88. The minimum atomic E-state index is 0.336. The van der Waals surface area contributed by atoms with Crippen molar-refractivity contribution in [3.63, 3.8) is 0 Å². The molecule has 1 aliphatic heterocycles. The topological polar surface area (TPSA) is 84.8 Å². The molecule has 0 amide bonds. The molecule has 32 heavy (non-hydrogen) atoms. The molecule has 1 aliphatic rings. The maximum absolute atomic E-state index is 5.88. The standard InChI is InChI=1S/C24H28N6O2/c1-19-6-4-7-20(16-19)18-26-29-22-17-23(30-11-14-31-15-12-30)28-24(27-22)32-13-5-9-21-8-2-3-10-25-21/h2-4,6-8,10,16-18H,5,9,11-15H2,1H3,(H,27,28,29)/b26-18+. The molecule has 3 heterocycles. The predicted molar refractivity (Wildman–Crippen MR) is 126 cm³/mol. The summed E-state index contributed by atoms with van der Waals surface area (Å²) < 4.78 is 11.3. The molecule has 166 valence electrons. The van der Waals surface area contributed by atoms with Gasteiger partial charge in [-0.3, -0.25) is 10.4 Å². The van der Waals surface area contributed by atoms with Crippen molar-refractivity contribution in [2.24, 2.45) is 5.10 Å². The monoisotopic (exact) mass is 432 g/mol. The first-order valence-corrected chi connectivity index (χ1v) is 10.9. The van der Waals surface area contributed by atoms with E-state index in [0.29, 0.717) is 31.6 Å². The number of hydrazone groups is 1. The summed E-state index contributed by atoms with van der Waals surface area (Å²) in [6.45, 7) is 5.48. The van der Waals surface area contributed by atoms with Crippen LogP contribution in [0.1, 0.15) is 23.2 Å². The average Bonchev–Trinajstić information content (AvgIpc) is 2.83. The largest absolute Gasteiger partial charge is 0.463 e. The van der Waals surface area contributed by atoms with Gasteiger partial charge in [-0.2, -0.15) is 15.1 Å². The molecule has 2 aromatic heterocycles. The average molecular weight is 433 g/mol. The van der Waals surface area contributed by atoms with E-state index in [1.54, 1.807) is 12.4 Å². The zero-order valence-electron chi connectivity index (χ0n) is 18.3. The lowest BCUT2D eigenvalue weighted by Gasteiger charge is -2.28. The molecule has 3 aromatic rings. The number of nitrogens with zero attached hydrogens (tertiary/aromatic N) is 5. The quantitative estimate of drug-likeness (QED) is 0.315. The van der Waals surface area contributed by atoms with Crippen molar-refractivity contribution in [1.29, 1.82) is 0 Å². The van der Waals surface area contributed by atoms with Crippen LogP contribution in [0.25, 0.3) is 0 Å². The zero-order chi connectivity index (χ0) is 22.0. The highest BCUT2D eigenvalue weighted by molar-refractivity contribution is 5.80. The SMILES string of the molecule is Cc1cccc(/C=N/Nc2cc(N3CCOCC3)nc(OCCCc3ccccn3)n2)c1. The molecule has 0 spiro atoms. The second-order valence-electron chi connectivity index (χ2n) is 7.55. The van der Waals surface area contributed by atoms with Crippen LogP contribution in [0.5, 0.6) is 6.01 Å². The number of rotatable bonds is 9. The number of aryl methyl sites for hydroxylation is 2. The molecule has 0 saturated carbocycles. The zero-order valence-corrected chi connectivity index (χ0v) is 18.3. The Hall–Kier alpha value is -3.52. The third kappa shape index (κ3) is 6.49. The van der Waals surface area contributed by atoms with Gasteiger partial charge < -0.3 is 14.4 Å². The van der Waals surface area contributed by atoms with Crippen molar-refractivity contribution >= 4 is 17.9 Å². The van der Waals surface area contributed by atoms with E-state index in [2.05, 4.69) is 49.4 Å². The van der Waals surface area contributed by atoms with Crippen LogP contribution in [-0.2, 0) is 11.2 Å². The summed E-state index contributed by atoms with van der Waals surface area (Å²) >= 11 is 0. The van der Waals surface area contributed by atoms with Crippen LogP contribution in [-0.4, -0.2) is 54.1 Å². The Bertz CT molecular complexity index is 1020. The number of hydrogen-bond donors (Lipinski definition) is 1. The van der Waals surface area contributed by atoms with Gasteiger partial charge in [-0.1, -0.05) is 35.9 Å². The van der Waals surface area contributed by atoms with Gasteiger partial charge in [0.05, 0.1) is 26.0 Å². The van der Waals surface area contributed by atoms with Gasteiger partial charge in [0.1, 0.15) is 5.82 Å². The van der Waals surface area contributed by atoms with Crippen molar-refractivity contribution in [2.75, 3.05) is 43.2 Å². The van der Waals surface area contributed by atoms with Crippen LogP contribution >= 0.6 is 0 Å². The van der Waals surface area contributed by atoms with Crippen LogP contribution in [0.15, 0.2) is 59.8 Å². The van der Waals surface area contributed by atoms with Gasteiger partial charge in [0.2, 0.25) is 0 Å². The highest BCUT2D eigenvalue weighted by atomic mass is 16.5. The van der Waals surface area contributed by atoms with Crippen molar-refractivity contribution < 1.29 is 9.47 Å². The van der Waals surface area contributed by atoms with Crippen molar-refractivity contribution in [3.05, 3.63) is 71.5 Å². The summed E-state index contributed by atoms with van der Waals surface area (Å²) in [7, 11) is 0. The summed E-state index contributed by atoms with van der Waals surface area (Å²) in [4.78, 5) is 15.6. The van der Waals surface area contributed by atoms with E-state index in [-0.39, 0.29) is 0 Å². The molecule has 4 rings (SSSR count). The van der Waals surface area contributed by atoms with E-state index >= 15 is 0 Å². The first kappa shape index (κ1) is 21.7. The van der Waals surface area contributed by atoms with Gasteiger partial charge in [-0.05, 0) is 37.5 Å². The van der Waals surface area contributed by atoms with Crippen molar-refractivity contribution in [3.8, 4) is 6.01 Å². The maximum Gasteiger partial charge on any atom is 0.320 e. The molecule has 1 fully saturated rings. The van der Waals surface area contributed by atoms with Crippen LogP contribution in [0.3, 0.4) is 0 Å². The fourth-order valence-corrected chi connectivity index (χ4v) is 3.38. The molecule has 0 unspecified atom stereocenters. The van der Waals surface area contributed by atoms with Gasteiger partial charge in [-0.25, -0.2) is 0 Å². The van der Waals surface area contributed by atoms with Crippen LogP contribution in [0.2, 0.25) is 0 Å². The highest BCUT2D eigenvalue weighted by Gasteiger charge is 2.15. The van der Waals surface area contributed by atoms with Gasteiger partial charge in [0.15, 0.2) is 5.82 Å². The number of ether oxygens (including phenoxy) is 2. The lowest BCUT2D eigenvalue weighted by molar-refractivity contribution is 0.122. The molecular formula is C24H28N6O2. The normalized spacial score (nSPS) is 14.0. The van der Waals surface area contributed by atoms with E-state index < -0.39 is 0 Å². The summed E-state index contributed by atoms with van der Waals surface area (Å²) in [5, 5.41) is 4.34. The second kappa shape index (κ2) is 11.2. The molecule has 8 heteroatoms. The molecule has 0 atom stereocenters. The Labute approximate surface area is 188 Å². The van der Waals surface area contributed by atoms with Gasteiger partial charge >= 0.3 is 6.01 Å². The van der Waals surface area contributed by atoms with Crippen LogP contribution < -0.4 is 15.1 Å². The van der Waals surface area contributed by atoms with Crippen LogP contribution in [0, 0.1) is 6.92 Å². The fraction of sp³-hybridized carbons (Fsp3) is 0.333. The lowest BCUT2D eigenvalue weighted by Crippen LogP contribution is -2.36. The van der Waals surface area contributed by atoms with E-state index in [9.17, 15) is 0 Å². The Morgan fingerprint density at radius 1 is 1.12 bits per heavy atom. The smallest absolute Gasteiger partial charge is 0.320 e. The molecule has 1 N–H and O–H groups in total. The van der Waals surface area contributed by atoms with Gasteiger partial charge in [0, 0.05) is 31.0 Å².